The van der Waals surface area contributed by atoms with Gasteiger partial charge in [-0.1, -0.05) is 13.8 Å². The molecule has 0 aliphatic rings. The molecule has 2 aromatic rings. The van der Waals surface area contributed by atoms with E-state index in [9.17, 15) is 9.59 Å². The SMILES string of the molecule is CC(C)CC(=O)c1cccn(Cc2ccncn2)c1=O. The summed E-state index contributed by atoms with van der Waals surface area (Å²) in [5, 5.41) is 0. The van der Waals surface area contributed by atoms with Gasteiger partial charge in [0.1, 0.15) is 6.33 Å². The fourth-order valence-electron chi connectivity index (χ4n) is 1.94. The fraction of sp³-hybridized carbons (Fsp3) is 0.333. The molecule has 5 heteroatoms. The standard InChI is InChI=1S/C15H17N3O2/c1-11(2)8-14(19)13-4-3-7-18(15(13)20)9-12-5-6-16-10-17-12/h3-7,10-11H,8-9H2,1-2H3. The normalized spacial score (nSPS) is 10.8. The van der Waals surface area contributed by atoms with Crippen molar-refractivity contribution in [1.29, 1.82) is 0 Å². The number of hydrogen-bond donors (Lipinski definition) is 0. The summed E-state index contributed by atoms with van der Waals surface area (Å²) in [6.07, 6.45) is 5.11. The van der Waals surface area contributed by atoms with Crippen LogP contribution in [0.2, 0.25) is 0 Å². The third kappa shape index (κ3) is 3.38. The van der Waals surface area contributed by atoms with Crippen LogP contribution in [0.25, 0.3) is 0 Å². The van der Waals surface area contributed by atoms with Crippen molar-refractivity contribution in [3.05, 3.63) is 58.5 Å². The minimum Gasteiger partial charge on any atom is -0.309 e. The second-order valence-corrected chi connectivity index (χ2v) is 5.08. The number of rotatable bonds is 5. The van der Waals surface area contributed by atoms with Crippen molar-refractivity contribution in [2.75, 3.05) is 0 Å². The van der Waals surface area contributed by atoms with Crippen LogP contribution in [-0.2, 0) is 6.54 Å². The largest absolute Gasteiger partial charge is 0.309 e. The predicted octanol–water partition coefficient (Wildman–Crippen LogP) is 1.92. The lowest BCUT2D eigenvalue weighted by Gasteiger charge is -2.08. The van der Waals surface area contributed by atoms with Gasteiger partial charge in [0.15, 0.2) is 5.78 Å². The van der Waals surface area contributed by atoms with Gasteiger partial charge in [0.2, 0.25) is 0 Å². The maximum Gasteiger partial charge on any atom is 0.261 e. The number of nitrogens with zero attached hydrogens (tertiary/aromatic N) is 3. The Morgan fingerprint density at radius 3 is 2.80 bits per heavy atom. The molecule has 0 aliphatic heterocycles. The van der Waals surface area contributed by atoms with Crippen LogP contribution in [-0.4, -0.2) is 20.3 Å². The van der Waals surface area contributed by atoms with E-state index in [4.69, 9.17) is 0 Å². The zero-order chi connectivity index (χ0) is 14.5. The topological polar surface area (TPSA) is 64.8 Å². The molecular weight excluding hydrogens is 254 g/mol. The lowest BCUT2D eigenvalue weighted by Crippen LogP contribution is -2.26. The zero-order valence-corrected chi connectivity index (χ0v) is 11.6. The van der Waals surface area contributed by atoms with E-state index in [1.165, 1.54) is 10.9 Å². The van der Waals surface area contributed by atoms with Crippen molar-refractivity contribution in [2.45, 2.75) is 26.8 Å². The first-order valence-corrected chi connectivity index (χ1v) is 6.55. The Hall–Kier alpha value is -2.30. The van der Waals surface area contributed by atoms with E-state index in [2.05, 4.69) is 9.97 Å². The monoisotopic (exact) mass is 271 g/mol. The molecule has 2 rings (SSSR count). The first-order chi connectivity index (χ1) is 9.58. The Kier molecular flexibility index (Phi) is 4.40. The Morgan fingerprint density at radius 2 is 2.15 bits per heavy atom. The molecule has 0 saturated heterocycles. The summed E-state index contributed by atoms with van der Waals surface area (Å²) in [4.78, 5) is 32.3. The molecule has 0 saturated carbocycles. The molecule has 2 aromatic heterocycles. The van der Waals surface area contributed by atoms with Crippen LogP contribution < -0.4 is 5.56 Å². The quantitative estimate of drug-likeness (QED) is 0.779. The maximum atomic E-state index is 12.3. The average Bonchev–Trinajstić information content (AvgIpc) is 2.41. The molecule has 0 bridgehead atoms. The van der Waals surface area contributed by atoms with Gasteiger partial charge in [0.05, 0.1) is 17.8 Å². The third-order valence-corrected chi connectivity index (χ3v) is 2.89. The molecule has 0 N–H and O–H groups in total. The van der Waals surface area contributed by atoms with Crippen LogP contribution in [0.3, 0.4) is 0 Å². The fourth-order valence-corrected chi connectivity index (χ4v) is 1.94. The molecule has 0 fully saturated rings. The lowest BCUT2D eigenvalue weighted by atomic mass is 10.0. The van der Waals surface area contributed by atoms with E-state index in [1.807, 2.05) is 13.8 Å². The van der Waals surface area contributed by atoms with Crippen molar-refractivity contribution < 1.29 is 4.79 Å². The van der Waals surface area contributed by atoms with Gasteiger partial charge < -0.3 is 4.57 Å². The second kappa shape index (κ2) is 6.23. The third-order valence-electron chi connectivity index (χ3n) is 2.89. The predicted molar refractivity (Wildman–Crippen MR) is 75.6 cm³/mol. The van der Waals surface area contributed by atoms with Crippen LogP contribution in [0, 0.1) is 5.92 Å². The molecule has 0 spiro atoms. The average molecular weight is 271 g/mol. The molecule has 0 atom stereocenters. The number of pyridine rings is 1. The summed E-state index contributed by atoms with van der Waals surface area (Å²) < 4.78 is 1.50. The van der Waals surface area contributed by atoms with Crippen LogP contribution in [0.1, 0.15) is 36.3 Å². The molecule has 104 valence electrons. The van der Waals surface area contributed by atoms with E-state index in [1.54, 1.807) is 30.6 Å². The highest BCUT2D eigenvalue weighted by Crippen LogP contribution is 2.06. The number of Topliss-reactive ketones (excluding diaryl/α,β-unsaturated/α-hetero) is 1. The van der Waals surface area contributed by atoms with Gasteiger partial charge in [0.25, 0.3) is 5.56 Å². The molecule has 5 nitrogen and oxygen atoms in total. The van der Waals surface area contributed by atoms with Crippen molar-refractivity contribution in [3.8, 4) is 0 Å². The lowest BCUT2D eigenvalue weighted by molar-refractivity contribution is 0.0966. The highest BCUT2D eigenvalue weighted by atomic mass is 16.1. The summed E-state index contributed by atoms with van der Waals surface area (Å²) in [6.45, 7) is 4.25. The summed E-state index contributed by atoms with van der Waals surface area (Å²) in [5.74, 6) is 0.124. The van der Waals surface area contributed by atoms with Crippen LogP contribution in [0.4, 0.5) is 0 Å². The van der Waals surface area contributed by atoms with E-state index < -0.39 is 0 Å². The molecule has 20 heavy (non-hydrogen) atoms. The van der Waals surface area contributed by atoms with Crippen LogP contribution in [0.15, 0.2) is 41.7 Å². The van der Waals surface area contributed by atoms with E-state index in [0.717, 1.165) is 5.69 Å². The zero-order valence-electron chi connectivity index (χ0n) is 11.6. The molecular formula is C15H17N3O2. The molecule has 2 heterocycles. The van der Waals surface area contributed by atoms with Crippen molar-refractivity contribution >= 4 is 5.78 Å². The van der Waals surface area contributed by atoms with Crippen LogP contribution in [0.5, 0.6) is 0 Å². The number of ketones is 1. The Bertz CT molecular complexity index is 648. The number of hydrogen-bond acceptors (Lipinski definition) is 4. The van der Waals surface area contributed by atoms with Gasteiger partial charge in [0, 0.05) is 18.8 Å². The highest BCUT2D eigenvalue weighted by Gasteiger charge is 2.13. The minimum atomic E-state index is -0.267. The number of aromatic nitrogens is 3. The Labute approximate surface area is 117 Å². The summed E-state index contributed by atoms with van der Waals surface area (Å²) in [7, 11) is 0. The first-order valence-electron chi connectivity index (χ1n) is 6.55. The molecule has 0 unspecified atom stereocenters. The van der Waals surface area contributed by atoms with Gasteiger partial charge in [-0.25, -0.2) is 9.97 Å². The maximum absolute atomic E-state index is 12.3. The smallest absolute Gasteiger partial charge is 0.261 e. The van der Waals surface area contributed by atoms with Gasteiger partial charge in [-0.3, -0.25) is 9.59 Å². The molecule has 0 aliphatic carbocycles. The number of carbonyl (C=O) groups is 1. The molecule has 0 aromatic carbocycles. The van der Waals surface area contributed by atoms with Crippen molar-refractivity contribution in [2.24, 2.45) is 5.92 Å². The minimum absolute atomic E-state index is 0.109. The van der Waals surface area contributed by atoms with E-state index in [0.29, 0.717) is 13.0 Å². The van der Waals surface area contributed by atoms with Gasteiger partial charge in [-0.15, -0.1) is 0 Å². The van der Waals surface area contributed by atoms with Gasteiger partial charge >= 0.3 is 0 Å². The van der Waals surface area contributed by atoms with E-state index in [-0.39, 0.29) is 22.8 Å². The molecule has 0 radical (unpaired) electrons. The van der Waals surface area contributed by atoms with Crippen molar-refractivity contribution in [1.82, 2.24) is 14.5 Å². The summed E-state index contributed by atoms with van der Waals surface area (Å²) >= 11 is 0. The van der Waals surface area contributed by atoms with Gasteiger partial charge in [-0.2, -0.15) is 0 Å². The first kappa shape index (κ1) is 14.1. The Morgan fingerprint density at radius 1 is 1.35 bits per heavy atom. The molecule has 0 amide bonds. The summed E-state index contributed by atoms with van der Waals surface area (Å²) in [6, 6.07) is 5.05. The second-order valence-electron chi connectivity index (χ2n) is 5.08. The Balaban J connectivity index is 2.28. The van der Waals surface area contributed by atoms with Crippen molar-refractivity contribution in [3.63, 3.8) is 0 Å². The highest BCUT2D eigenvalue weighted by molar-refractivity contribution is 5.95. The van der Waals surface area contributed by atoms with E-state index >= 15 is 0 Å². The summed E-state index contributed by atoms with van der Waals surface area (Å²) in [5.41, 5.74) is 0.711. The van der Waals surface area contributed by atoms with Crippen LogP contribution >= 0.6 is 0 Å². The number of carbonyl (C=O) groups excluding carboxylic acids is 1. The van der Waals surface area contributed by atoms with Gasteiger partial charge in [-0.05, 0) is 24.1 Å².